The molecule has 0 spiro atoms. The number of amides is 1. The number of para-hydroxylation sites is 1. The van der Waals surface area contributed by atoms with Crippen molar-refractivity contribution in [2.24, 2.45) is 0 Å². The average Bonchev–Trinajstić information content (AvgIpc) is 2.79. The van der Waals surface area contributed by atoms with Crippen LogP contribution in [0.4, 0.5) is 5.69 Å². The van der Waals surface area contributed by atoms with E-state index in [1.54, 1.807) is 0 Å². The van der Waals surface area contributed by atoms with E-state index in [1.165, 1.54) is 0 Å². The maximum absolute atomic E-state index is 12.1. The number of rotatable bonds is 4. The van der Waals surface area contributed by atoms with Crippen molar-refractivity contribution in [3.63, 3.8) is 0 Å². The molecule has 2 rings (SSSR count). The summed E-state index contributed by atoms with van der Waals surface area (Å²) in [5.41, 5.74) is 2.07. The highest BCUT2D eigenvalue weighted by Crippen LogP contribution is 2.31. The van der Waals surface area contributed by atoms with Crippen LogP contribution in [0.2, 0.25) is 0 Å². The van der Waals surface area contributed by atoms with Gasteiger partial charge in [0, 0.05) is 12.2 Å². The van der Waals surface area contributed by atoms with Crippen molar-refractivity contribution in [2.45, 2.75) is 25.3 Å². The van der Waals surface area contributed by atoms with E-state index in [9.17, 15) is 4.79 Å². The highest BCUT2D eigenvalue weighted by atomic mass is 16.3. The minimum absolute atomic E-state index is 0.00989. The molecule has 1 aliphatic rings. The molecule has 4 heteroatoms. The van der Waals surface area contributed by atoms with E-state index in [2.05, 4.69) is 10.6 Å². The molecule has 0 fully saturated rings. The second kappa shape index (κ2) is 5.19. The number of carbonyl (C=O) groups excluding carboxylic acids is 1. The summed E-state index contributed by atoms with van der Waals surface area (Å²) in [6.07, 6.45) is 0.740. The summed E-state index contributed by atoms with van der Waals surface area (Å²) in [4.78, 5) is 12.1. The number of hydrogen-bond acceptors (Lipinski definition) is 3. The summed E-state index contributed by atoms with van der Waals surface area (Å²) in [7, 11) is 0. The van der Waals surface area contributed by atoms with Gasteiger partial charge < -0.3 is 15.7 Å². The first kappa shape index (κ1) is 11.9. The van der Waals surface area contributed by atoms with Crippen molar-refractivity contribution in [3.8, 4) is 0 Å². The standard InChI is InChI=1S/C13H18N2O2/c1-2-9(8-16)15-13(17)11-7-14-12-6-4-3-5-10(11)12/h3-6,9,11,14,16H,2,7-8H2,1H3,(H,15,17)/t9-,11?/m1/s1. The van der Waals surface area contributed by atoms with Gasteiger partial charge in [0.05, 0.1) is 18.6 Å². The summed E-state index contributed by atoms with van der Waals surface area (Å²) in [5.74, 6) is -0.157. The van der Waals surface area contributed by atoms with E-state index in [0.717, 1.165) is 17.7 Å². The minimum Gasteiger partial charge on any atom is -0.394 e. The lowest BCUT2D eigenvalue weighted by Crippen LogP contribution is -2.40. The zero-order chi connectivity index (χ0) is 12.3. The van der Waals surface area contributed by atoms with Crippen molar-refractivity contribution < 1.29 is 9.90 Å². The van der Waals surface area contributed by atoms with E-state index in [0.29, 0.717) is 6.54 Å². The van der Waals surface area contributed by atoms with Crippen molar-refractivity contribution >= 4 is 11.6 Å². The van der Waals surface area contributed by atoms with Gasteiger partial charge in [-0.15, -0.1) is 0 Å². The fraction of sp³-hybridized carbons (Fsp3) is 0.462. The molecule has 1 aromatic rings. The van der Waals surface area contributed by atoms with Gasteiger partial charge in [-0.3, -0.25) is 4.79 Å². The molecule has 0 aromatic heterocycles. The van der Waals surface area contributed by atoms with E-state index in [4.69, 9.17) is 5.11 Å². The molecule has 1 aromatic carbocycles. The molecule has 92 valence electrons. The van der Waals surface area contributed by atoms with E-state index in [1.807, 2.05) is 31.2 Å². The smallest absolute Gasteiger partial charge is 0.229 e. The second-order valence-corrected chi connectivity index (χ2v) is 4.32. The molecule has 2 atom stereocenters. The van der Waals surface area contributed by atoms with E-state index < -0.39 is 0 Å². The third-order valence-electron chi connectivity index (χ3n) is 3.21. The molecule has 4 nitrogen and oxygen atoms in total. The maximum atomic E-state index is 12.1. The lowest BCUT2D eigenvalue weighted by Gasteiger charge is -2.17. The summed E-state index contributed by atoms with van der Waals surface area (Å²) >= 11 is 0. The molecule has 0 bridgehead atoms. The largest absolute Gasteiger partial charge is 0.394 e. The van der Waals surface area contributed by atoms with Gasteiger partial charge in [0.1, 0.15) is 0 Å². The number of fused-ring (bicyclic) bond motifs is 1. The number of hydrogen-bond donors (Lipinski definition) is 3. The highest BCUT2D eigenvalue weighted by Gasteiger charge is 2.28. The number of benzene rings is 1. The fourth-order valence-electron chi connectivity index (χ4n) is 2.10. The van der Waals surface area contributed by atoms with Crippen LogP contribution in [-0.2, 0) is 4.79 Å². The normalized spacial score (nSPS) is 19.3. The molecule has 1 aliphatic heterocycles. The molecule has 1 unspecified atom stereocenters. The fourth-order valence-corrected chi connectivity index (χ4v) is 2.10. The molecule has 0 aliphatic carbocycles. The highest BCUT2D eigenvalue weighted by molar-refractivity contribution is 5.88. The lowest BCUT2D eigenvalue weighted by atomic mass is 10.00. The second-order valence-electron chi connectivity index (χ2n) is 4.32. The number of nitrogens with one attached hydrogen (secondary N) is 2. The first-order valence-electron chi connectivity index (χ1n) is 6.00. The summed E-state index contributed by atoms with van der Waals surface area (Å²) in [5, 5.41) is 15.2. The Morgan fingerprint density at radius 2 is 2.35 bits per heavy atom. The van der Waals surface area contributed by atoms with Crippen LogP contribution in [0.25, 0.3) is 0 Å². The third-order valence-corrected chi connectivity index (χ3v) is 3.21. The molecule has 1 amide bonds. The maximum Gasteiger partial charge on any atom is 0.229 e. The molecular weight excluding hydrogens is 216 g/mol. The van der Waals surface area contributed by atoms with Crippen molar-refractivity contribution in [1.29, 1.82) is 0 Å². The number of carbonyl (C=O) groups is 1. The monoisotopic (exact) mass is 234 g/mol. The van der Waals surface area contributed by atoms with Crippen LogP contribution in [0.1, 0.15) is 24.8 Å². The molecular formula is C13H18N2O2. The molecule has 0 saturated carbocycles. The van der Waals surface area contributed by atoms with Crippen LogP contribution in [0.15, 0.2) is 24.3 Å². The molecule has 1 heterocycles. The Labute approximate surface area is 101 Å². The zero-order valence-electron chi connectivity index (χ0n) is 9.94. The Hall–Kier alpha value is -1.55. The summed E-state index contributed by atoms with van der Waals surface area (Å²) < 4.78 is 0. The average molecular weight is 234 g/mol. The van der Waals surface area contributed by atoms with Gasteiger partial charge in [0.15, 0.2) is 0 Å². The van der Waals surface area contributed by atoms with Gasteiger partial charge >= 0.3 is 0 Å². The molecule has 0 saturated heterocycles. The first-order chi connectivity index (χ1) is 8.26. The Kier molecular flexibility index (Phi) is 3.64. The zero-order valence-corrected chi connectivity index (χ0v) is 9.94. The summed E-state index contributed by atoms with van der Waals surface area (Å²) in [6.45, 7) is 2.57. The van der Waals surface area contributed by atoms with Gasteiger partial charge in [-0.05, 0) is 18.1 Å². The van der Waals surface area contributed by atoms with E-state index >= 15 is 0 Å². The third kappa shape index (κ3) is 2.42. The Bertz CT molecular complexity index is 402. The van der Waals surface area contributed by atoms with Gasteiger partial charge in [0.25, 0.3) is 0 Å². The Morgan fingerprint density at radius 1 is 1.59 bits per heavy atom. The van der Waals surface area contributed by atoms with Gasteiger partial charge in [-0.1, -0.05) is 25.1 Å². The van der Waals surface area contributed by atoms with Crippen molar-refractivity contribution in [2.75, 3.05) is 18.5 Å². The van der Waals surface area contributed by atoms with Crippen LogP contribution in [-0.4, -0.2) is 30.2 Å². The van der Waals surface area contributed by atoms with Crippen LogP contribution >= 0.6 is 0 Å². The minimum atomic E-state index is -0.146. The van der Waals surface area contributed by atoms with Crippen LogP contribution < -0.4 is 10.6 Å². The Morgan fingerprint density at radius 3 is 3.06 bits per heavy atom. The lowest BCUT2D eigenvalue weighted by molar-refractivity contribution is -0.123. The van der Waals surface area contributed by atoms with Crippen LogP contribution in [0.5, 0.6) is 0 Å². The Balaban J connectivity index is 2.07. The topological polar surface area (TPSA) is 61.4 Å². The van der Waals surface area contributed by atoms with Gasteiger partial charge in [-0.25, -0.2) is 0 Å². The summed E-state index contributed by atoms with van der Waals surface area (Å²) in [6, 6.07) is 7.70. The molecule has 17 heavy (non-hydrogen) atoms. The van der Waals surface area contributed by atoms with Gasteiger partial charge in [-0.2, -0.15) is 0 Å². The van der Waals surface area contributed by atoms with Crippen molar-refractivity contribution in [1.82, 2.24) is 5.32 Å². The predicted octanol–water partition coefficient (Wildman–Crippen LogP) is 1.08. The van der Waals surface area contributed by atoms with Crippen LogP contribution in [0.3, 0.4) is 0 Å². The van der Waals surface area contributed by atoms with Crippen molar-refractivity contribution in [3.05, 3.63) is 29.8 Å². The van der Waals surface area contributed by atoms with Gasteiger partial charge in [0.2, 0.25) is 5.91 Å². The van der Waals surface area contributed by atoms with E-state index in [-0.39, 0.29) is 24.5 Å². The number of aliphatic hydroxyl groups excluding tert-OH is 1. The number of anilines is 1. The molecule has 0 radical (unpaired) electrons. The predicted molar refractivity (Wildman–Crippen MR) is 67.0 cm³/mol. The SMILES string of the molecule is CC[C@H](CO)NC(=O)C1CNc2ccccc21. The quantitative estimate of drug-likeness (QED) is 0.730. The number of aliphatic hydroxyl groups is 1. The molecule has 3 N–H and O–H groups in total. The first-order valence-corrected chi connectivity index (χ1v) is 6.00. The van der Waals surface area contributed by atoms with Crippen LogP contribution in [0, 0.1) is 0 Å².